The van der Waals surface area contributed by atoms with Gasteiger partial charge in [0.15, 0.2) is 11.5 Å². The van der Waals surface area contributed by atoms with Crippen molar-refractivity contribution in [1.82, 2.24) is 15.5 Å². The number of nitrogens with zero attached hydrogens (tertiary/aromatic N) is 2. The summed E-state index contributed by atoms with van der Waals surface area (Å²) >= 11 is 0. The van der Waals surface area contributed by atoms with Crippen LogP contribution >= 0.6 is 0 Å². The topological polar surface area (TPSA) is 66.9 Å². The number of anilines is 2. The first-order valence-electron chi connectivity index (χ1n) is 6.67. The molecule has 0 saturated carbocycles. The molecule has 21 heavy (non-hydrogen) atoms. The molecule has 1 aromatic heterocycles. The number of carbonyl (C=O) groups is 1. The van der Waals surface area contributed by atoms with E-state index in [0.29, 0.717) is 12.4 Å². The fourth-order valence-electron chi connectivity index (χ4n) is 1.74. The summed E-state index contributed by atoms with van der Waals surface area (Å²) in [6.07, 6.45) is 1.61. The van der Waals surface area contributed by atoms with Gasteiger partial charge in [-0.25, -0.2) is 0 Å². The van der Waals surface area contributed by atoms with E-state index in [1.165, 1.54) is 11.1 Å². The number of aromatic nitrogens is 2. The Labute approximate surface area is 124 Å². The summed E-state index contributed by atoms with van der Waals surface area (Å²) in [4.78, 5) is 11.7. The summed E-state index contributed by atoms with van der Waals surface area (Å²) in [5.41, 5.74) is 3.66. The summed E-state index contributed by atoms with van der Waals surface area (Å²) < 4.78 is 0. The van der Waals surface area contributed by atoms with Crippen molar-refractivity contribution in [2.75, 3.05) is 11.9 Å². The van der Waals surface area contributed by atoms with E-state index in [2.05, 4.69) is 41.3 Å². The molecule has 0 radical (unpaired) electrons. The second kappa shape index (κ2) is 6.65. The van der Waals surface area contributed by atoms with Crippen LogP contribution in [-0.2, 0) is 0 Å². The molecule has 0 aliphatic carbocycles. The normalized spacial score (nSPS) is 10.0. The van der Waals surface area contributed by atoms with Crippen molar-refractivity contribution in [1.29, 1.82) is 0 Å². The molecule has 0 atom stereocenters. The molecule has 5 nitrogen and oxygen atoms in total. The SMILES string of the molecule is C=CCNC(=O)c1ccc(Nc2ccc(C)c(C)c2)nn1. The highest BCUT2D eigenvalue weighted by Crippen LogP contribution is 2.17. The highest BCUT2D eigenvalue weighted by atomic mass is 16.1. The number of aryl methyl sites for hydroxylation is 2. The molecule has 2 aromatic rings. The van der Waals surface area contributed by atoms with Gasteiger partial charge in [0.05, 0.1) is 0 Å². The molecule has 5 heteroatoms. The zero-order valence-corrected chi connectivity index (χ0v) is 12.2. The first kappa shape index (κ1) is 14.7. The molecule has 2 N–H and O–H groups in total. The fourth-order valence-corrected chi connectivity index (χ4v) is 1.74. The van der Waals surface area contributed by atoms with E-state index in [-0.39, 0.29) is 11.6 Å². The number of hydrogen-bond donors (Lipinski definition) is 2. The lowest BCUT2D eigenvalue weighted by Gasteiger charge is -2.08. The molecule has 0 bridgehead atoms. The average molecular weight is 282 g/mol. The van der Waals surface area contributed by atoms with Crippen LogP contribution < -0.4 is 10.6 Å². The van der Waals surface area contributed by atoms with Gasteiger partial charge in [0.2, 0.25) is 0 Å². The maximum absolute atomic E-state index is 11.7. The largest absolute Gasteiger partial charge is 0.347 e. The molecule has 0 unspecified atom stereocenters. The first-order chi connectivity index (χ1) is 10.1. The van der Waals surface area contributed by atoms with E-state index in [4.69, 9.17) is 0 Å². The Bertz CT molecular complexity index is 650. The third kappa shape index (κ3) is 3.89. The van der Waals surface area contributed by atoms with Gasteiger partial charge < -0.3 is 10.6 Å². The van der Waals surface area contributed by atoms with Gasteiger partial charge in [-0.3, -0.25) is 4.79 Å². The van der Waals surface area contributed by atoms with Crippen LogP contribution in [0.5, 0.6) is 0 Å². The number of amides is 1. The third-order valence-electron chi connectivity index (χ3n) is 3.08. The smallest absolute Gasteiger partial charge is 0.272 e. The minimum atomic E-state index is -0.264. The lowest BCUT2D eigenvalue weighted by atomic mass is 10.1. The summed E-state index contributed by atoms with van der Waals surface area (Å²) in [6, 6.07) is 9.43. The van der Waals surface area contributed by atoms with Crippen LogP contribution in [0, 0.1) is 13.8 Å². The van der Waals surface area contributed by atoms with Crippen molar-refractivity contribution in [2.24, 2.45) is 0 Å². The van der Waals surface area contributed by atoms with Crippen molar-refractivity contribution in [3.05, 3.63) is 59.8 Å². The number of nitrogens with one attached hydrogen (secondary N) is 2. The second-order valence-corrected chi connectivity index (χ2v) is 4.73. The van der Waals surface area contributed by atoms with Crippen LogP contribution in [0.3, 0.4) is 0 Å². The number of rotatable bonds is 5. The van der Waals surface area contributed by atoms with Crippen molar-refractivity contribution >= 4 is 17.4 Å². The molecule has 0 aliphatic heterocycles. The molecule has 0 aliphatic rings. The number of hydrogen-bond acceptors (Lipinski definition) is 4. The first-order valence-corrected chi connectivity index (χ1v) is 6.67. The Morgan fingerprint density at radius 3 is 2.62 bits per heavy atom. The number of carbonyl (C=O) groups excluding carboxylic acids is 1. The summed E-state index contributed by atoms with van der Waals surface area (Å²) in [5, 5.41) is 13.7. The van der Waals surface area contributed by atoms with Gasteiger partial charge >= 0.3 is 0 Å². The summed E-state index contributed by atoms with van der Waals surface area (Å²) in [6.45, 7) is 8.07. The van der Waals surface area contributed by atoms with Crippen LogP contribution in [0.4, 0.5) is 11.5 Å². The molecule has 0 fully saturated rings. The predicted molar refractivity (Wildman–Crippen MR) is 83.8 cm³/mol. The monoisotopic (exact) mass is 282 g/mol. The van der Waals surface area contributed by atoms with E-state index < -0.39 is 0 Å². The van der Waals surface area contributed by atoms with Crippen LogP contribution in [-0.4, -0.2) is 22.6 Å². The fraction of sp³-hybridized carbons (Fsp3) is 0.188. The Balaban J connectivity index is 2.06. The van der Waals surface area contributed by atoms with Crippen molar-refractivity contribution in [3.8, 4) is 0 Å². The van der Waals surface area contributed by atoms with Crippen LogP contribution in [0.2, 0.25) is 0 Å². The zero-order chi connectivity index (χ0) is 15.2. The highest BCUT2D eigenvalue weighted by molar-refractivity contribution is 5.92. The Morgan fingerprint density at radius 2 is 2.00 bits per heavy atom. The van der Waals surface area contributed by atoms with E-state index in [0.717, 1.165) is 5.69 Å². The van der Waals surface area contributed by atoms with Crippen LogP contribution in [0.25, 0.3) is 0 Å². The van der Waals surface area contributed by atoms with Gasteiger partial charge in [-0.1, -0.05) is 12.1 Å². The Kier molecular flexibility index (Phi) is 4.66. The maximum Gasteiger partial charge on any atom is 0.272 e. The minimum Gasteiger partial charge on any atom is -0.347 e. The van der Waals surface area contributed by atoms with Crippen LogP contribution in [0.1, 0.15) is 21.6 Å². The second-order valence-electron chi connectivity index (χ2n) is 4.73. The molecule has 0 spiro atoms. The van der Waals surface area contributed by atoms with E-state index >= 15 is 0 Å². The Hall–Kier alpha value is -2.69. The summed E-state index contributed by atoms with van der Waals surface area (Å²) in [7, 11) is 0. The average Bonchev–Trinajstić information content (AvgIpc) is 2.49. The van der Waals surface area contributed by atoms with Gasteiger partial charge in [0.25, 0.3) is 5.91 Å². The predicted octanol–water partition coefficient (Wildman–Crippen LogP) is 2.75. The third-order valence-corrected chi connectivity index (χ3v) is 3.08. The van der Waals surface area contributed by atoms with Crippen molar-refractivity contribution in [3.63, 3.8) is 0 Å². The lowest BCUT2D eigenvalue weighted by Crippen LogP contribution is -2.24. The van der Waals surface area contributed by atoms with Gasteiger partial charge in [-0.2, -0.15) is 0 Å². The van der Waals surface area contributed by atoms with Gasteiger partial charge in [-0.05, 0) is 49.2 Å². The molecular weight excluding hydrogens is 264 g/mol. The molecule has 0 saturated heterocycles. The molecule has 108 valence electrons. The van der Waals surface area contributed by atoms with Crippen molar-refractivity contribution in [2.45, 2.75) is 13.8 Å². The quantitative estimate of drug-likeness (QED) is 0.827. The molecule has 1 aromatic carbocycles. The standard InChI is InChI=1S/C16H18N4O/c1-4-9-17-16(21)14-7-8-15(20-19-14)18-13-6-5-11(2)12(3)10-13/h4-8,10H,1,9H2,2-3H3,(H,17,21)(H,18,20). The summed E-state index contributed by atoms with van der Waals surface area (Å²) in [5.74, 6) is 0.332. The molecule has 2 rings (SSSR count). The van der Waals surface area contributed by atoms with Gasteiger partial charge in [0.1, 0.15) is 0 Å². The minimum absolute atomic E-state index is 0.264. The zero-order valence-electron chi connectivity index (χ0n) is 12.2. The molecule has 1 amide bonds. The van der Waals surface area contributed by atoms with Gasteiger partial charge in [-0.15, -0.1) is 16.8 Å². The lowest BCUT2D eigenvalue weighted by molar-refractivity contribution is 0.0952. The van der Waals surface area contributed by atoms with Crippen LogP contribution in [0.15, 0.2) is 43.0 Å². The molecule has 1 heterocycles. The van der Waals surface area contributed by atoms with Crippen molar-refractivity contribution < 1.29 is 4.79 Å². The molecular formula is C16H18N4O. The maximum atomic E-state index is 11.7. The van der Waals surface area contributed by atoms with E-state index in [1.807, 2.05) is 18.2 Å². The van der Waals surface area contributed by atoms with E-state index in [1.54, 1.807) is 18.2 Å². The van der Waals surface area contributed by atoms with E-state index in [9.17, 15) is 4.79 Å². The Morgan fingerprint density at radius 1 is 1.19 bits per heavy atom. The van der Waals surface area contributed by atoms with Gasteiger partial charge in [0, 0.05) is 12.2 Å². The number of benzene rings is 1. The highest BCUT2D eigenvalue weighted by Gasteiger charge is 2.07.